The molecule has 2 aliphatic rings. The average Bonchev–Trinajstić information content (AvgIpc) is 2.42. The van der Waals surface area contributed by atoms with Crippen LogP contribution in [0.2, 0.25) is 0 Å². The van der Waals surface area contributed by atoms with Gasteiger partial charge in [-0.3, -0.25) is 0 Å². The minimum atomic E-state index is -0.0303. The summed E-state index contributed by atoms with van der Waals surface area (Å²) in [4.78, 5) is 0. The third kappa shape index (κ3) is 3.16. The van der Waals surface area contributed by atoms with E-state index >= 15 is 0 Å². The van der Waals surface area contributed by atoms with E-state index in [1.54, 1.807) is 0 Å². The quantitative estimate of drug-likeness (QED) is 0.839. The Kier molecular flexibility index (Phi) is 4.94. The second-order valence-electron chi connectivity index (χ2n) is 7.50. The van der Waals surface area contributed by atoms with Crippen molar-refractivity contribution >= 4 is 0 Å². The van der Waals surface area contributed by atoms with Crippen molar-refractivity contribution in [3.05, 3.63) is 0 Å². The van der Waals surface area contributed by atoms with Crippen LogP contribution in [-0.4, -0.2) is 18.8 Å². The van der Waals surface area contributed by atoms with Gasteiger partial charge in [-0.15, -0.1) is 0 Å². The summed E-state index contributed by atoms with van der Waals surface area (Å²) >= 11 is 0. The van der Waals surface area contributed by atoms with E-state index in [1.807, 2.05) is 7.11 Å². The fourth-order valence-electron chi connectivity index (χ4n) is 4.27. The number of rotatable bonds is 3. The molecule has 19 heavy (non-hydrogen) atoms. The molecule has 0 aromatic carbocycles. The van der Waals surface area contributed by atoms with Crippen molar-refractivity contribution in [1.82, 2.24) is 0 Å². The van der Waals surface area contributed by atoms with Gasteiger partial charge in [0, 0.05) is 13.2 Å². The molecule has 4 atom stereocenters. The number of ether oxygens (including phenoxy) is 1. The average molecular weight is 267 g/mol. The largest absolute Gasteiger partial charge is 0.377 e. The van der Waals surface area contributed by atoms with Crippen LogP contribution in [0.5, 0.6) is 0 Å². The van der Waals surface area contributed by atoms with Crippen LogP contribution < -0.4 is 5.73 Å². The van der Waals surface area contributed by atoms with Crippen LogP contribution in [0.25, 0.3) is 0 Å². The Bertz CT molecular complexity index is 283. The Morgan fingerprint density at radius 3 is 2.16 bits per heavy atom. The highest BCUT2D eigenvalue weighted by molar-refractivity contribution is 4.99. The van der Waals surface area contributed by atoms with Gasteiger partial charge in [0.15, 0.2) is 0 Å². The zero-order valence-electron chi connectivity index (χ0n) is 13.3. The van der Waals surface area contributed by atoms with Crippen LogP contribution in [0.1, 0.15) is 65.7 Å². The molecule has 112 valence electrons. The second kappa shape index (κ2) is 6.13. The Morgan fingerprint density at radius 2 is 1.63 bits per heavy atom. The predicted octanol–water partition coefficient (Wildman–Crippen LogP) is 3.98. The Hall–Kier alpha value is -0.0800. The topological polar surface area (TPSA) is 35.2 Å². The van der Waals surface area contributed by atoms with Crippen molar-refractivity contribution in [1.29, 1.82) is 0 Å². The van der Waals surface area contributed by atoms with E-state index < -0.39 is 0 Å². The lowest BCUT2D eigenvalue weighted by molar-refractivity contribution is -0.0848. The monoisotopic (exact) mass is 267 g/mol. The molecule has 0 amide bonds. The number of hydrogen-bond acceptors (Lipinski definition) is 2. The Morgan fingerprint density at radius 1 is 1.00 bits per heavy atom. The van der Waals surface area contributed by atoms with Crippen LogP contribution in [0, 0.1) is 23.7 Å². The maximum atomic E-state index is 6.70. The van der Waals surface area contributed by atoms with E-state index in [0.29, 0.717) is 5.92 Å². The fraction of sp³-hybridized carbons (Fsp3) is 1.00. The van der Waals surface area contributed by atoms with Crippen molar-refractivity contribution < 1.29 is 4.74 Å². The number of hydrogen-bond donors (Lipinski definition) is 1. The first-order valence-corrected chi connectivity index (χ1v) is 8.29. The molecule has 2 fully saturated rings. The molecule has 4 unspecified atom stereocenters. The molecule has 0 aliphatic heterocycles. The van der Waals surface area contributed by atoms with Gasteiger partial charge >= 0.3 is 0 Å². The molecule has 0 heterocycles. The van der Waals surface area contributed by atoms with E-state index in [9.17, 15) is 0 Å². The molecule has 0 radical (unpaired) electrons. The molecule has 0 bridgehead atoms. The smallest absolute Gasteiger partial charge is 0.0831 e. The number of nitrogens with two attached hydrogens (primary N) is 1. The Balaban J connectivity index is 2.02. The second-order valence-corrected chi connectivity index (χ2v) is 7.50. The van der Waals surface area contributed by atoms with E-state index in [2.05, 4.69) is 20.8 Å². The van der Waals surface area contributed by atoms with Crippen molar-refractivity contribution in [3.8, 4) is 0 Å². The van der Waals surface area contributed by atoms with Crippen LogP contribution in [-0.2, 0) is 4.74 Å². The van der Waals surface area contributed by atoms with E-state index in [4.69, 9.17) is 10.5 Å². The first-order chi connectivity index (χ1) is 8.98. The third-order valence-electron chi connectivity index (χ3n) is 6.28. The minimum absolute atomic E-state index is 0.0303. The molecular weight excluding hydrogens is 234 g/mol. The highest BCUT2D eigenvalue weighted by Crippen LogP contribution is 2.43. The first-order valence-electron chi connectivity index (χ1n) is 8.29. The fourth-order valence-corrected chi connectivity index (χ4v) is 4.27. The molecule has 0 saturated heterocycles. The maximum Gasteiger partial charge on any atom is 0.0831 e. The zero-order valence-corrected chi connectivity index (χ0v) is 13.3. The van der Waals surface area contributed by atoms with Gasteiger partial charge in [-0.25, -0.2) is 0 Å². The SMILES string of the molecule is COC1(C(N)C2CCC(C)C(C)C2)CCC(C)CC1. The van der Waals surface area contributed by atoms with E-state index in [1.165, 1.54) is 32.1 Å². The van der Waals surface area contributed by atoms with Gasteiger partial charge in [0.1, 0.15) is 0 Å². The van der Waals surface area contributed by atoms with Gasteiger partial charge < -0.3 is 10.5 Å². The summed E-state index contributed by atoms with van der Waals surface area (Å²) in [7, 11) is 1.88. The molecule has 2 N–H and O–H groups in total. The van der Waals surface area contributed by atoms with Gasteiger partial charge in [-0.05, 0) is 62.2 Å². The van der Waals surface area contributed by atoms with E-state index in [0.717, 1.165) is 30.6 Å². The van der Waals surface area contributed by atoms with E-state index in [-0.39, 0.29) is 11.6 Å². The van der Waals surface area contributed by atoms with Gasteiger partial charge in [0.2, 0.25) is 0 Å². The maximum absolute atomic E-state index is 6.70. The van der Waals surface area contributed by atoms with Crippen molar-refractivity contribution in [2.45, 2.75) is 77.4 Å². The van der Waals surface area contributed by atoms with Crippen molar-refractivity contribution in [3.63, 3.8) is 0 Å². The lowest BCUT2D eigenvalue weighted by atomic mass is 9.66. The molecule has 2 heteroatoms. The molecule has 2 nitrogen and oxygen atoms in total. The summed E-state index contributed by atoms with van der Waals surface area (Å²) in [6, 6.07) is 0.236. The zero-order chi connectivity index (χ0) is 14.0. The van der Waals surface area contributed by atoms with Crippen molar-refractivity contribution in [2.75, 3.05) is 7.11 Å². The van der Waals surface area contributed by atoms with Gasteiger partial charge in [0.25, 0.3) is 0 Å². The summed E-state index contributed by atoms with van der Waals surface area (Å²) < 4.78 is 5.98. The highest BCUT2D eigenvalue weighted by atomic mass is 16.5. The van der Waals surface area contributed by atoms with Crippen LogP contribution in [0.4, 0.5) is 0 Å². The van der Waals surface area contributed by atoms with Gasteiger partial charge in [-0.1, -0.05) is 27.2 Å². The molecule has 0 aromatic heterocycles. The van der Waals surface area contributed by atoms with Crippen LogP contribution in [0.3, 0.4) is 0 Å². The summed E-state index contributed by atoms with van der Waals surface area (Å²) in [5.41, 5.74) is 6.67. The summed E-state index contributed by atoms with van der Waals surface area (Å²) in [5.74, 6) is 3.20. The molecule has 0 aromatic rings. The molecule has 2 rings (SSSR count). The summed E-state index contributed by atoms with van der Waals surface area (Å²) in [5, 5.41) is 0. The molecule has 2 saturated carbocycles. The molecule has 0 spiro atoms. The van der Waals surface area contributed by atoms with Gasteiger partial charge in [0.05, 0.1) is 5.60 Å². The molecule has 2 aliphatic carbocycles. The Labute approximate surface area is 119 Å². The van der Waals surface area contributed by atoms with Crippen molar-refractivity contribution in [2.24, 2.45) is 29.4 Å². The minimum Gasteiger partial charge on any atom is -0.377 e. The lowest BCUT2D eigenvalue weighted by Gasteiger charge is -2.47. The standard InChI is InChI=1S/C17H33NO/c1-12-7-9-17(19-4,10-8-12)16(18)15-6-5-13(2)14(3)11-15/h12-16H,5-11,18H2,1-4H3. The molecular formula is C17H33NO. The van der Waals surface area contributed by atoms with Crippen LogP contribution >= 0.6 is 0 Å². The van der Waals surface area contributed by atoms with Crippen LogP contribution in [0.15, 0.2) is 0 Å². The summed E-state index contributed by atoms with van der Waals surface area (Å²) in [6.45, 7) is 7.14. The first kappa shape index (κ1) is 15.3. The van der Waals surface area contributed by atoms with Gasteiger partial charge in [-0.2, -0.15) is 0 Å². The highest BCUT2D eigenvalue weighted by Gasteiger charge is 2.44. The normalized spacial score (nSPS) is 45.9. The predicted molar refractivity (Wildman–Crippen MR) is 81.0 cm³/mol. The number of methoxy groups -OCH3 is 1. The lowest BCUT2D eigenvalue weighted by Crippen LogP contribution is -2.56. The third-order valence-corrected chi connectivity index (χ3v) is 6.28. The summed E-state index contributed by atoms with van der Waals surface area (Å²) in [6.07, 6.45) is 8.81.